The number of rotatable bonds is 0. The van der Waals surface area contributed by atoms with Crippen LogP contribution in [0.15, 0.2) is 0 Å². The fraction of sp³-hybridized carbons (Fsp3) is 1.00. The first-order chi connectivity index (χ1) is 6.56. The van der Waals surface area contributed by atoms with Crippen LogP contribution in [0.3, 0.4) is 0 Å². The highest BCUT2D eigenvalue weighted by Crippen LogP contribution is 2.50. The summed E-state index contributed by atoms with van der Waals surface area (Å²) in [6.07, 6.45) is 7.29. The Morgan fingerprint density at radius 1 is 1.21 bits per heavy atom. The van der Waals surface area contributed by atoms with E-state index < -0.39 is 0 Å². The summed E-state index contributed by atoms with van der Waals surface area (Å²) in [7, 11) is 0. The Balaban J connectivity index is 2.18. The van der Waals surface area contributed by atoms with E-state index in [1.54, 1.807) is 0 Å². The smallest absolute Gasteiger partial charge is 0.0747 e. The number of hydrogen-bond acceptors (Lipinski definition) is 2. The molecule has 0 bridgehead atoms. The van der Waals surface area contributed by atoms with Crippen molar-refractivity contribution in [3.8, 4) is 0 Å². The molecule has 2 fully saturated rings. The van der Waals surface area contributed by atoms with E-state index in [1.807, 2.05) is 0 Å². The lowest BCUT2D eigenvalue weighted by atomic mass is 9.62. The largest absolute Gasteiger partial charge is 0.374 e. The van der Waals surface area contributed by atoms with Crippen molar-refractivity contribution in [3.63, 3.8) is 0 Å². The third kappa shape index (κ3) is 1.59. The van der Waals surface area contributed by atoms with Gasteiger partial charge in [0, 0.05) is 12.6 Å². The number of hydrogen-bond donors (Lipinski definition) is 1. The molecule has 2 unspecified atom stereocenters. The summed E-state index contributed by atoms with van der Waals surface area (Å²) in [4.78, 5) is 0. The molecule has 2 aliphatic rings. The van der Waals surface area contributed by atoms with Crippen molar-refractivity contribution >= 4 is 0 Å². The maximum atomic E-state index is 6.11. The van der Waals surface area contributed by atoms with Crippen molar-refractivity contribution in [1.82, 2.24) is 0 Å². The maximum absolute atomic E-state index is 6.11. The minimum absolute atomic E-state index is 0.100. The lowest BCUT2D eigenvalue weighted by molar-refractivity contribution is -0.173. The summed E-state index contributed by atoms with van der Waals surface area (Å²) in [5.74, 6) is 0. The first-order valence-corrected chi connectivity index (χ1v) is 5.95. The number of nitrogens with two attached hydrogens (primary N) is 1. The lowest BCUT2D eigenvalue weighted by Gasteiger charge is -2.53. The summed E-state index contributed by atoms with van der Waals surface area (Å²) >= 11 is 0. The van der Waals surface area contributed by atoms with Gasteiger partial charge < -0.3 is 10.5 Å². The molecule has 1 spiro atoms. The zero-order valence-corrected chi connectivity index (χ0v) is 9.51. The molecule has 0 amide bonds. The van der Waals surface area contributed by atoms with Crippen LogP contribution in [0.4, 0.5) is 0 Å². The Bertz CT molecular complexity index is 210. The quantitative estimate of drug-likeness (QED) is 0.647. The summed E-state index contributed by atoms with van der Waals surface area (Å²) in [5.41, 5.74) is 6.50. The van der Waals surface area contributed by atoms with Crippen molar-refractivity contribution < 1.29 is 4.74 Å². The minimum Gasteiger partial charge on any atom is -0.374 e. The van der Waals surface area contributed by atoms with Gasteiger partial charge in [-0.05, 0) is 31.1 Å². The van der Waals surface area contributed by atoms with Crippen molar-refractivity contribution in [2.24, 2.45) is 11.1 Å². The SMILES string of the molecule is CC1(C)CCCCC12CC(N)CCO2. The molecular weight excluding hydrogens is 174 g/mol. The van der Waals surface area contributed by atoms with Gasteiger partial charge in [-0.2, -0.15) is 0 Å². The van der Waals surface area contributed by atoms with Gasteiger partial charge in [0.2, 0.25) is 0 Å². The highest BCUT2D eigenvalue weighted by atomic mass is 16.5. The molecule has 2 heteroatoms. The van der Waals surface area contributed by atoms with Gasteiger partial charge in [0.05, 0.1) is 5.60 Å². The second-order valence-electron chi connectivity index (χ2n) is 5.69. The Labute approximate surface area is 87.2 Å². The van der Waals surface area contributed by atoms with Crippen LogP contribution in [0.5, 0.6) is 0 Å². The molecule has 1 heterocycles. The molecule has 2 atom stereocenters. The van der Waals surface area contributed by atoms with Gasteiger partial charge in [-0.25, -0.2) is 0 Å². The van der Waals surface area contributed by atoms with E-state index in [-0.39, 0.29) is 5.60 Å². The molecule has 1 saturated heterocycles. The highest BCUT2D eigenvalue weighted by molar-refractivity contribution is 5.01. The third-order valence-electron chi connectivity index (χ3n) is 4.32. The molecule has 0 aromatic carbocycles. The lowest BCUT2D eigenvalue weighted by Crippen LogP contribution is -2.55. The Morgan fingerprint density at radius 3 is 2.57 bits per heavy atom. The van der Waals surface area contributed by atoms with Crippen LogP contribution in [0.1, 0.15) is 52.4 Å². The zero-order valence-electron chi connectivity index (χ0n) is 9.51. The Hall–Kier alpha value is -0.0800. The van der Waals surface area contributed by atoms with E-state index in [9.17, 15) is 0 Å². The van der Waals surface area contributed by atoms with Gasteiger partial charge in [-0.3, -0.25) is 0 Å². The molecule has 14 heavy (non-hydrogen) atoms. The molecule has 0 radical (unpaired) electrons. The van der Waals surface area contributed by atoms with E-state index in [2.05, 4.69) is 13.8 Å². The average molecular weight is 197 g/mol. The van der Waals surface area contributed by atoms with E-state index in [0.717, 1.165) is 19.4 Å². The standard InChI is InChI=1S/C12H23NO/c1-11(2)6-3-4-7-12(11)9-10(13)5-8-14-12/h10H,3-9,13H2,1-2H3. The van der Waals surface area contributed by atoms with Crippen molar-refractivity contribution in [2.45, 2.75) is 64.0 Å². The Kier molecular flexibility index (Phi) is 2.61. The second kappa shape index (κ2) is 3.49. The van der Waals surface area contributed by atoms with Gasteiger partial charge in [-0.1, -0.05) is 26.7 Å². The molecular formula is C12H23NO. The molecule has 1 aliphatic heterocycles. The molecule has 2 N–H and O–H groups in total. The summed E-state index contributed by atoms with van der Waals surface area (Å²) in [6, 6.07) is 0.362. The van der Waals surface area contributed by atoms with Crippen LogP contribution >= 0.6 is 0 Å². The van der Waals surface area contributed by atoms with Crippen LogP contribution < -0.4 is 5.73 Å². The third-order valence-corrected chi connectivity index (χ3v) is 4.32. The number of ether oxygens (including phenoxy) is 1. The van der Waals surface area contributed by atoms with E-state index >= 15 is 0 Å². The van der Waals surface area contributed by atoms with Crippen LogP contribution in [0, 0.1) is 5.41 Å². The van der Waals surface area contributed by atoms with Crippen LogP contribution in [-0.2, 0) is 4.74 Å². The minimum atomic E-state index is 0.100. The molecule has 1 saturated carbocycles. The maximum Gasteiger partial charge on any atom is 0.0747 e. The van der Waals surface area contributed by atoms with E-state index in [1.165, 1.54) is 25.7 Å². The predicted octanol–water partition coefficient (Wildman–Crippen LogP) is 2.46. The average Bonchev–Trinajstić information content (AvgIpc) is 2.11. The summed E-state index contributed by atoms with van der Waals surface area (Å²) in [6.45, 7) is 5.57. The summed E-state index contributed by atoms with van der Waals surface area (Å²) < 4.78 is 6.11. The fourth-order valence-corrected chi connectivity index (χ4v) is 3.18. The van der Waals surface area contributed by atoms with Gasteiger partial charge in [0.1, 0.15) is 0 Å². The van der Waals surface area contributed by atoms with E-state index in [0.29, 0.717) is 11.5 Å². The van der Waals surface area contributed by atoms with Crippen LogP contribution in [-0.4, -0.2) is 18.2 Å². The van der Waals surface area contributed by atoms with Crippen LogP contribution in [0.25, 0.3) is 0 Å². The molecule has 0 aromatic heterocycles. The molecule has 82 valence electrons. The highest BCUT2D eigenvalue weighted by Gasteiger charge is 2.49. The summed E-state index contributed by atoms with van der Waals surface area (Å²) in [5, 5.41) is 0. The first kappa shape index (κ1) is 10.4. The monoisotopic (exact) mass is 197 g/mol. The second-order valence-corrected chi connectivity index (χ2v) is 5.69. The molecule has 2 nitrogen and oxygen atoms in total. The predicted molar refractivity (Wildman–Crippen MR) is 58.1 cm³/mol. The van der Waals surface area contributed by atoms with Gasteiger partial charge in [0.25, 0.3) is 0 Å². The van der Waals surface area contributed by atoms with Crippen molar-refractivity contribution in [1.29, 1.82) is 0 Å². The first-order valence-electron chi connectivity index (χ1n) is 5.95. The van der Waals surface area contributed by atoms with Gasteiger partial charge in [0.15, 0.2) is 0 Å². The zero-order chi connectivity index (χ0) is 10.2. The van der Waals surface area contributed by atoms with Crippen molar-refractivity contribution in [2.75, 3.05) is 6.61 Å². The Morgan fingerprint density at radius 2 is 1.93 bits per heavy atom. The molecule has 0 aromatic rings. The molecule has 2 rings (SSSR count). The molecule has 1 aliphatic carbocycles. The van der Waals surface area contributed by atoms with Gasteiger partial charge in [-0.15, -0.1) is 0 Å². The van der Waals surface area contributed by atoms with Crippen LogP contribution in [0.2, 0.25) is 0 Å². The normalized spacial score (nSPS) is 42.6. The van der Waals surface area contributed by atoms with E-state index in [4.69, 9.17) is 10.5 Å². The topological polar surface area (TPSA) is 35.2 Å². The van der Waals surface area contributed by atoms with Crippen molar-refractivity contribution in [3.05, 3.63) is 0 Å². The van der Waals surface area contributed by atoms with Gasteiger partial charge >= 0.3 is 0 Å². The fourth-order valence-electron chi connectivity index (χ4n) is 3.18.